The summed E-state index contributed by atoms with van der Waals surface area (Å²) in [5.41, 5.74) is 1.88. The standard InChI is InChI=1S/C22H27NO3/c1-3-18-10-12-19(13-11-18)21(24)14-15-22(25)23(2)16-7-17-26-20-8-5-4-6-9-20/h4-6,8-13H,3,7,14-17H2,1-2H3. The number of ether oxygens (including phenoxy) is 1. The number of hydrogen-bond donors (Lipinski definition) is 0. The highest BCUT2D eigenvalue weighted by Crippen LogP contribution is 2.10. The summed E-state index contributed by atoms with van der Waals surface area (Å²) >= 11 is 0. The van der Waals surface area contributed by atoms with Crippen LogP contribution >= 0.6 is 0 Å². The van der Waals surface area contributed by atoms with E-state index in [9.17, 15) is 9.59 Å². The van der Waals surface area contributed by atoms with Crippen LogP contribution in [0.3, 0.4) is 0 Å². The molecule has 0 aliphatic rings. The quantitative estimate of drug-likeness (QED) is 0.476. The molecule has 0 atom stereocenters. The van der Waals surface area contributed by atoms with Crippen molar-refractivity contribution in [2.24, 2.45) is 0 Å². The monoisotopic (exact) mass is 353 g/mol. The average molecular weight is 353 g/mol. The topological polar surface area (TPSA) is 46.6 Å². The molecule has 2 aromatic rings. The molecule has 0 aliphatic heterocycles. The molecule has 1 amide bonds. The first kappa shape index (κ1) is 19.7. The maximum absolute atomic E-state index is 12.2. The van der Waals surface area contributed by atoms with Gasteiger partial charge < -0.3 is 9.64 Å². The summed E-state index contributed by atoms with van der Waals surface area (Å²) in [7, 11) is 1.77. The third kappa shape index (κ3) is 6.36. The van der Waals surface area contributed by atoms with E-state index in [4.69, 9.17) is 4.74 Å². The van der Waals surface area contributed by atoms with E-state index in [0.717, 1.165) is 18.6 Å². The summed E-state index contributed by atoms with van der Waals surface area (Å²) in [4.78, 5) is 26.0. The van der Waals surface area contributed by atoms with Crippen molar-refractivity contribution >= 4 is 11.7 Å². The van der Waals surface area contributed by atoms with Crippen molar-refractivity contribution in [2.45, 2.75) is 32.6 Å². The number of para-hydroxylation sites is 1. The number of rotatable bonds is 10. The SMILES string of the molecule is CCc1ccc(C(=O)CCC(=O)N(C)CCCOc2ccccc2)cc1. The first-order valence-corrected chi connectivity index (χ1v) is 9.14. The fourth-order valence-electron chi connectivity index (χ4n) is 2.62. The largest absolute Gasteiger partial charge is 0.494 e. The summed E-state index contributed by atoms with van der Waals surface area (Å²) in [5.74, 6) is 0.839. The van der Waals surface area contributed by atoms with Gasteiger partial charge in [-0.15, -0.1) is 0 Å². The van der Waals surface area contributed by atoms with Gasteiger partial charge in [-0.25, -0.2) is 0 Å². The van der Waals surface area contributed by atoms with Gasteiger partial charge in [-0.2, -0.15) is 0 Å². The summed E-state index contributed by atoms with van der Waals surface area (Å²) in [6.45, 7) is 3.26. The lowest BCUT2D eigenvalue weighted by Crippen LogP contribution is -2.28. The van der Waals surface area contributed by atoms with Gasteiger partial charge in [0.25, 0.3) is 0 Å². The number of amides is 1. The number of Topliss-reactive ketones (excluding diaryl/α,β-unsaturated/α-hetero) is 1. The second-order valence-corrected chi connectivity index (χ2v) is 6.30. The van der Waals surface area contributed by atoms with Crippen LogP contribution in [0.25, 0.3) is 0 Å². The van der Waals surface area contributed by atoms with Crippen molar-refractivity contribution in [3.63, 3.8) is 0 Å². The lowest BCUT2D eigenvalue weighted by molar-refractivity contribution is -0.129. The van der Waals surface area contributed by atoms with Gasteiger partial charge >= 0.3 is 0 Å². The van der Waals surface area contributed by atoms with Crippen LogP contribution < -0.4 is 4.74 Å². The zero-order chi connectivity index (χ0) is 18.8. The van der Waals surface area contributed by atoms with Crippen LogP contribution in [0.4, 0.5) is 0 Å². The molecule has 0 spiro atoms. The summed E-state index contributed by atoms with van der Waals surface area (Å²) in [6.07, 6.45) is 2.19. The predicted octanol–water partition coefficient (Wildman–Crippen LogP) is 4.14. The van der Waals surface area contributed by atoms with E-state index >= 15 is 0 Å². The fourth-order valence-corrected chi connectivity index (χ4v) is 2.62. The number of hydrogen-bond acceptors (Lipinski definition) is 3. The minimum Gasteiger partial charge on any atom is -0.494 e. The number of carbonyl (C=O) groups is 2. The van der Waals surface area contributed by atoms with Crippen LogP contribution in [0.2, 0.25) is 0 Å². The van der Waals surface area contributed by atoms with Gasteiger partial charge in [0.05, 0.1) is 6.61 Å². The van der Waals surface area contributed by atoms with Gasteiger partial charge in [0.1, 0.15) is 5.75 Å². The maximum atomic E-state index is 12.2. The van der Waals surface area contributed by atoms with Crippen molar-refractivity contribution in [1.29, 1.82) is 0 Å². The van der Waals surface area contributed by atoms with Gasteiger partial charge in [0.15, 0.2) is 5.78 Å². The highest BCUT2D eigenvalue weighted by Gasteiger charge is 2.12. The van der Waals surface area contributed by atoms with E-state index in [1.807, 2.05) is 54.6 Å². The lowest BCUT2D eigenvalue weighted by Gasteiger charge is -2.17. The van der Waals surface area contributed by atoms with E-state index < -0.39 is 0 Å². The van der Waals surface area contributed by atoms with Crippen LogP contribution in [0.15, 0.2) is 54.6 Å². The highest BCUT2D eigenvalue weighted by molar-refractivity contribution is 5.97. The molecular formula is C22H27NO3. The normalized spacial score (nSPS) is 10.4. The first-order chi connectivity index (χ1) is 12.6. The van der Waals surface area contributed by atoms with Crippen LogP contribution in [0.1, 0.15) is 42.1 Å². The second-order valence-electron chi connectivity index (χ2n) is 6.30. The van der Waals surface area contributed by atoms with Crippen molar-refractivity contribution in [3.8, 4) is 5.75 Å². The molecule has 0 aliphatic carbocycles. The molecule has 0 unspecified atom stereocenters. The van der Waals surface area contributed by atoms with Crippen molar-refractivity contribution in [1.82, 2.24) is 4.90 Å². The second kappa shape index (κ2) is 10.4. The average Bonchev–Trinajstić information content (AvgIpc) is 2.69. The Morgan fingerprint density at radius 1 is 0.962 bits per heavy atom. The van der Waals surface area contributed by atoms with E-state index in [1.54, 1.807) is 11.9 Å². The molecule has 0 bridgehead atoms. The molecule has 2 rings (SSSR count). The van der Waals surface area contributed by atoms with Gasteiger partial charge in [-0.05, 0) is 30.5 Å². The van der Waals surface area contributed by atoms with Gasteiger partial charge in [-0.3, -0.25) is 9.59 Å². The molecule has 138 valence electrons. The van der Waals surface area contributed by atoms with Crippen molar-refractivity contribution < 1.29 is 14.3 Å². The predicted molar refractivity (Wildman–Crippen MR) is 104 cm³/mol. The lowest BCUT2D eigenvalue weighted by atomic mass is 10.0. The number of nitrogens with zero attached hydrogens (tertiary/aromatic N) is 1. The molecule has 4 nitrogen and oxygen atoms in total. The number of ketones is 1. The molecule has 2 aromatic carbocycles. The fraction of sp³-hybridized carbons (Fsp3) is 0.364. The summed E-state index contributed by atoms with van der Waals surface area (Å²) < 4.78 is 5.62. The molecule has 26 heavy (non-hydrogen) atoms. The Balaban J connectivity index is 1.66. The van der Waals surface area contributed by atoms with Crippen LogP contribution in [-0.2, 0) is 11.2 Å². The molecular weight excluding hydrogens is 326 g/mol. The Bertz CT molecular complexity index is 695. The maximum Gasteiger partial charge on any atom is 0.222 e. The summed E-state index contributed by atoms with van der Waals surface area (Å²) in [5, 5.41) is 0. The van der Waals surface area contributed by atoms with Crippen molar-refractivity contribution in [2.75, 3.05) is 20.2 Å². The Hall–Kier alpha value is -2.62. The third-order valence-electron chi connectivity index (χ3n) is 4.33. The minimum atomic E-state index is -0.0109. The molecule has 0 saturated heterocycles. The molecule has 0 heterocycles. The van der Waals surface area contributed by atoms with Crippen LogP contribution in [-0.4, -0.2) is 36.8 Å². The minimum absolute atomic E-state index is 0.0109. The zero-order valence-corrected chi connectivity index (χ0v) is 15.6. The Morgan fingerprint density at radius 2 is 1.65 bits per heavy atom. The van der Waals surface area contributed by atoms with Gasteiger partial charge in [-0.1, -0.05) is 49.4 Å². The van der Waals surface area contributed by atoms with E-state index in [1.165, 1.54) is 5.56 Å². The molecule has 0 radical (unpaired) electrons. The molecule has 0 fully saturated rings. The van der Waals surface area contributed by atoms with Crippen molar-refractivity contribution in [3.05, 3.63) is 65.7 Å². The number of carbonyl (C=O) groups excluding carboxylic acids is 2. The highest BCUT2D eigenvalue weighted by atomic mass is 16.5. The van der Waals surface area contributed by atoms with E-state index in [2.05, 4.69) is 6.92 Å². The zero-order valence-electron chi connectivity index (χ0n) is 15.6. The molecule has 0 N–H and O–H groups in total. The Labute approximate surface area is 155 Å². The Kier molecular flexibility index (Phi) is 7.87. The smallest absolute Gasteiger partial charge is 0.222 e. The van der Waals surface area contributed by atoms with Gasteiger partial charge in [0, 0.05) is 32.0 Å². The number of benzene rings is 2. The van der Waals surface area contributed by atoms with Crippen LogP contribution in [0.5, 0.6) is 5.75 Å². The van der Waals surface area contributed by atoms with Crippen LogP contribution in [0, 0.1) is 0 Å². The Morgan fingerprint density at radius 3 is 2.31 bits per heavy atom. The molecule has 0 saturated carbocycles. The van der Waals surface area contributed by atoms with E-state index in [-0.39, 0.29) is 24.5 Å². The number of aryl methyl sites for hydroxylation is 1. The van der Waals surface area contributed by atoms with E-state index in [0.29, 0.717) is 18.7 Å². The molecule has 4 heteroatoms. The molecule has 0 aromatic heterocycles. The first-order valence-electron chi connectivity index (χ1n) is 9.14. The summed E-state index contributed by atoms with van der Waals surface area (Å²) in [6, 6.07) is 17.2. The van der Waals surface area contributed by atoms with Gasteiger partial charge in [0.2, 0.25) is 5.91 Å². The third-order valence-corrected chi connectivity index (χ3v) is 4.33.